The molecule has 3 nitrogen and oxygen atoms in total. The maximum absolute atomic E-state index is 12.0. The standard InChI is InChI=1S/C13H10BrClN2O/c1-8-3-2-4-10(12(8)14)17-13(18)9-5-6-11(15)16-7-9/h2-7H,1H3,(H,17,18). The van der Waals surface area contributed by atoms with Crippen molar-refractivity contribution in [3.05, 3.63) is 57.3 Å². The minimum absolute atomic E-state index is 0.217. The van der Waals surface area contributed by atoms with Gasteiger partial charge in [-0.05, 0) is 46.6 Å². The molecule has 0 spiro atoms. The van der Waals surface area contributed by atoms with Crippen molar-refractivity contribution in [1.29, 1.82) is 0 Å². The molecule has 18 heavy (non-hydrogen) atoms. The molecule has 92 valence electrons. The number of aromatic nitrogens is 1. The molecule has 2 aromatic rings. The minimum Gasteiger partial charge on any atom is -0.321 e. The first-order valence-corrected chi connectivity index (χ1v) is 6.43. The van der Waals surface area contributed by atoms with E-state index in [0.29, 0.717) is 10.7 Å². The average molecular weight is 326 g/mol. The van der Waals surface area contributed by atoms with Gasteiger partial charge in [0.15, 0.2) is 0 Å². The molecular formula is C13H10BrClN2O. The fourth-order valence-corrected chi connectivity index (χ4v) is 1.92. The van der Waals surface area contributed by atoms with E-state index in [9.17, 15) is 4.79 Å². The number of hydrogen-bond donors (Lipinski definition) is 1. The Morgan fingerprint density at radius 1 is 1.33 bits per heavy atom. The third kappa shape index (κ3) is 2.89. The highest BCUT2D eigenvalue weighted by molar-refractivity contribution is 9.10. The third-order valence-corrected chi connectivity index (χ3v) is 3.71. The number of benzene rings is 1. The van der Waals surface area contributed by atoms with Gasteiger partial charge in [0, 0.05) is 10.7 Å². The van der Waals surface area contributed by atoms with Crippen molar-refractivity contribution in [2.24, 2.45) is 0 Å². The Kier molecular flexibility index (Phi) is 3.99. The summed E-state index contributed by atoms with van der Waals surface area (Å²) in [5.41, 5.74) is 2.25. The van der Waals surface area contributed by atoms with Gasteiger partial charge in [0.1, 0.15) is 5.15 Å². The Hall–Kier alpha value is -1.39. The van der Waals surface area contributed by atoms with E-state index in [1.807, 2.05) is 25.1 Å². The quantitative estimate of drug-likeness (QED) is 0.846. The normalized spacial score (nSPS) is 10.2. The highest BCUT2D eigenvalue weighted by Gasteiger charge is 2.09. The van der Waals surface area contributed by atoms with Crippen LogP contribution < -0.4 is 5.32 Å². The summed E-state index contributed by atoms with van der Waals surface area (Å²) in [5.74, 6) is -0.217. The van der Waals surface area contributed by atoms with Crippen LogP contribution in [-0.2, 0) is 0 Å². The SMILES string of the molecule is Cc1cccc(NC(=O)c2ccc(Cl)nc2)c1Br. The summed E-state index contributed by atoms with van der Waals surface area (Å²) >= 11 is 9.11. The number of hydrogen-bond acceptors (Lipinski definition) is 2. The van der Waals surface area contributed by atoms with Crippen LogP contribution in [0.1, 0.15) is 15.9 Å². The van der Waals surface area contributed by atoms with Gasteiger partial charge in [-0.25, -0.2) is 4.98 Å². The number of aryl methyl sites for hydroxylation is 1. The van der Waals surface area contributed by atoms with Crippen LogP contribution in [-0.4, -0.2) is 10.9 Å². The zero-order chi connectivity index (χ0) is 13.1. The first-order chi connectivity index (χ1) is 8.58. The van der Waals surface area contributed by atoms with Gasteiger partial charge in [-0.1, -0.05) is 23.7 Å². The van der Waals surface area contributed by atoms with E-state index in [-0.39, 0.29) is 5.91 Å². The fourth-order valence-electron chi connectivity index (χ4n) is 1.45. The fraction of sp³-hybridized carbons (Fsp3) is 0.0769. The van der Waals surface area contributed by atoms with E-state index in [2.05, 4.69) is 26.2 Å². The van der Waals surface area contributed by atoms with Gasteiger partial charge in [-0.2, -0.15) is 0 Å². The number of carbonyl (C=O) groups is 1. The Labute approximate surface area is 118 Å². The molecule has 0 aliphatic carbocycles. The predicted octanol–water partition coefficient (Wildman–Crippen LogP) is 4.06. The lowest BCUT2D eigenvalue weighted by molar-refractivity contribution is 0.102. The monoisotopic (exact) mass is 324 g/mol. The molecule has 1 aromatic heterocycles. The molecule has 5 heteroatoms. The Morgan fingerprint density at radius 2 is 2.11 bits per heavy atom. The number of halogens is 2. The van der Waals surface area contributed by atoms with E-state index in [4.69, 9.17) is 11.6 Å². The van der Waals surface area contributed by atoms with E-state index in [0.717, 1.165) is 15.7 Å². The summed E-state index contributed by atoms with van der Waals surface area (Å²) in [6, 6.07) is 8.90. The molecule has 0 bridgehead atoms. The zero-order valence-corrected chi connectivity index (χ0v) is 11.9. The van der Waals surface area contributed by atoms with Crippen molar-refractivity contribution in [3.8, 4) is 0 Å². The second-order valence-electron chi connectivity index (χ2n) is 3.76. The van der Waals surface area contributed by atoms with Gasteiger partial charge < -0.3 is 5.32 Å². The van der Waals surface area contributed by atoms with Crippen molar-refractivity contribution in [3.63, 3.8) is 0 Å². The summed E-state index contributed by atoms with van der Waals surface area (Å²) in [6.45, 7) is 1.96. The maximum atomic E-state index is 12.0. The van der Waals surface area contributed by atoms with E-state index in [1.165, 1.54) is 6.20 Å². The highest BCUT2D eigenvalue weighted by atomic mass is 79.9. The molecule has 1 heterocycles. The highest BCUT2D eigenvalue weighted by Crippen LogP contribution is 2.26. The van der Waals surface area contributed by atoms with E-state index in [1.54, 1.807) is 12.1 Å². The largest absolute Gasteiger partial charge is 0.321 e. The van der Waals surface area contributed by atoms with Crippen molar-refractivity contribution < 1.29 is 4.79 Å². The second kappa shape index (κ2) is 5.50. The number of carbonyl (C=O) groups excluding carboxylic acids is 1. The number of amides is 1. The van der Waals surface area contributed by atoms with Crippen molar-refractivity contribution in [2.75, 3.05) is 5.32 Å². The van der Waals surface area contributed by atoms with Crippen molar-refractivity contribution in [1.82, 2.24) is 4.98 Å². The molecule has 2 rings (SSSR count). The molecule has 1 amide bonds. The number of nitrogens with one attached hydrogen (secondary N) is 1. The second-order valence-corrected chi connectivity index (χ2v) is 4.94. The molecule has 1 aromatic carbocycles. The van der Waals surface area contributed by atoms with Crippen LogP contribution in [0.4, 0.5) is 5.69 Å². The van der Waals surface area contributed by atoms with Crippen molar-refractivity contribution in [2.45, 2.75) is 6.92 Å². The topological polar surface area (TPSA) is 42.0 Å². The Bertz CT molecular complexity index is 584. The maximum Gasteiger partial charge on any atom is 0.257 e. The number of pyridine rings is 1. The van der Waals surface area contributed by atoms with Gasteiger partial charge >= 0.3 is 0 Å². The van der Waals surface area contributed by atoms with Crippen LogP contribution in [0.15, 0.2) is 41.0 Å². The average Bonchev–Trinajstić information content (AvgIpc) is 2.36. The van der Waals surface area contributed by atoms with Crippen LogP contribution in [0.3, 0.4) is 0 Å². The number of anilines is 1. The molecule has 0 fully saturated rings. The van der Waals surface area contributed by atoms with Gasteiger partial charge in [-0.15, -0.1) is 0 Å². The summed E-state index contributed by atoms with van der Waals surface area (Å²) in [7, 11) is 0. The number of nitrogens with zero attached hydrogens (tertiary/aromatic N) is 1. The lowest BCUT2D eigenvalue weighted by atomic mass is 10.2. The van der Waals surface area contributed by atoms with Crippen LogP contribution in [0.25, 0.3) is 0 Å². The van der Waals surface area contributed by atoms with Gasteiger partial charge in [0.05, 0.1) is 11.3 Å². The van der Waals surface area contributed by atoms with Crippen LogP contribution >= 0.6 is 27.5 Å². The minimum atomic E-state index is -0.217. The number of rotatable bonds is 2. The van der Waals surface area contributed by atoms with Gasteiger partial charge in [-0.3, -0.25) is 4.79 Å². The first-order valence-electron chi connectivity index (χ1n) is 5.26. The molecule has 0 atom stereocenters. The molecular weight excluding hydrogens is 316 g/mol. The van der Waals surface area contributed by atoms with Gasteiger partial charge in [0.2, 0.25) is 0 Å². The molecule has 0 saturated carbocycles. The molecule has 0 aliphatic rings. The molecule has 0 radical (unpaired) electrons. The summed E-state index contributed by atoms with van der Waals surface area (Å²) in [4.78, 5) is 15.8. The Balaban J connectivity index is 2.21. The predicted molar refractivity (Wildman–Crippen MR) is 76.1 cm³/mol. The van der Waals surface area contributed by atoms with Gasteiger partial charge in [0.25, 0.3) is 5.91 Å². The lowest BCUT2D eigenvalue weighted by Crippen LogP contribution is -2.12. The molecule has 0 saturated heterocycles. The van der Waals surface area contributed by atoms with Crippen LogP contribution in [0.5, 0.6) is 0 Å². The molecule has 0 aliphatic heterocycles. The summed E-state index contributed by atoms with van der Waals surface area (Å²) in [5, 5.41) is 3.18. The smallest absolute Gasteiger partial charge is 0.257 e. The lowest BCUT2D eigenvalue weighted by Gasteiger charge is -2.08. The summed E-state index contributed by atoms with van der Waals surface area (Å²) < 4.78 is 0.875. The van der Waals surface area contributed by atoms with Crippen molar-refractivity contribution >= 4 is 39.1 Å². The van der Waals surface area contributed by atoms with E-state index < -0.39 is 0 Å². The first kappa shape index (κ1) is 13.1. The van der Waals surface area contributed by atoms with Crippen LogP contribution in [0.2, 0.25) is 5.15 Å². The van der Waals surface area contributed by atoms with Crippen LogP contribution in [0, 0.1) is 6.92 Å². The Morgan fingerprint density at radius 3 is 2.78 bits per heavy atom. The third-order valence-electron chi connectivity index (χ3n) is 2.43. The molecule has 0 unspecified atom stereocenters. The molecule has 1 N–H and O–H groups in total. The zero-order valence-electron chi connectivity index (χ0n) is 9.58. The van der Waals surface area contributed by atoms with E-state index >= 15 is 0 Å². The summed E-state index contributed by atoms with van der Waals surface area (Å²) in [6.07, 6.45) is 1.45.